The number of benzene rings is 3. The summed E-state index contributed by atoms with van der Waals surface area (Å²) >= 11 is 6.85. The Labute approximate surface area is 246 Å². The highest BCUT2D eigenvalue weighted by molar-refractivity contribution is 9.10. The number of hydrogen-bond donors (Lipinski definition) is 1. The summed E-state index contributed by atoms with van der Waals surface area (Å²) in [4.78, 5) is 28.8. The zero-order valence-corrected chi connectivity index (χ0v) is 25.6. The molecule has 1 saturated carbocycles. The van der Waals surface area contributed by atoms with Crippen LogP contribution in [0.5, 0.6) is 0 Å². The van der Waals surface area contributed by atoms with E-state index < -0.39 is 28.5 Å². The first-order valence-electron chi connectivity index (χ1n) is 12.8. The normalized spacial score (nSPS) is 14.5. The van der Waals surface area contributed by atoms with Gasteiger partial charge in [0.05, 0.1) is 10.6 Å². The van der Waals surface area contributed by atoms with Crippen LogP contribution in [0.2, 0.25) is 0 Å². The third-order valence-electron chi connectivity index (χ3n) is 6.84. The van der Waals surface area contributed by atoms with Crippen LogP contribution in [-0.4, -0.2) is 43.8 Å². The van der Waals surface area contributed by atoms with Gasteiger partial charge in [-0.25, -0.2) is 8.42 Å². The van der Waals surface area contributed by atoms with E-state index in [1.165, 1.54) is 17.0 Å². The van der Waals surface area contributed by atoms with Crippen LogP contribution in [0.25, 0.3) is 0 Å². The minimum atomic E-state index is -4.08. The number of nitrogens with one attached hydrogen (secondary N) is 1. The van der Waals surface area contributed by atoms with E-state index in [0.29, 0.717) is 5.69 Å². The van der Waals surface area contributed by atoms with Gasteiger partial charge in [-0.3, -0.25) is 13.9 Å². The van der Waals surface area contributed by atoms with E-state index in [1.807, 2.05) is 24.3 Å². The second-order valence-corrected chi connectivity index (χ2v) is 13.3. The van der Waals surface area contributed by atoms with Gasteiger partial charge in [-0.05, 0) is 73.9 Å². The minimum absolute atomic E-state index is 0.0753. The molecule has 10 heteroatoms. The molecule has 7 nitrogen and oxygen atoms in total. The van der Waals surface area contributed by atoms with Crippen LogP contribution in [0.4, 0.5) is 5.69 Å². The number of carbonyl (C=O) groups is 2. The first-order valence-corrected chi connectivity index (χ1v) is 15.9. The van der Waals surface area contributed by atoms with E-state index in [2.05, 4.69) is 37.2 Å². The Kier molecular flexibility index (Phi) is 9.85. The highest BCUT2D eigenvalue weighted by atomic mass is 79.9. The second-order valence-electron chi connectivity index (χ2n) is 9.62. The molecule has 0 unspecified atom stereocenters. The Hall–Kier alpha value is -2.69. The van der Waals surface area contributed by atoms with Gasteiger partial charge in [0.15, 0.2) is 0 Å². The molecule has 1 fully saturated rings. The molecule has 3 aromatic carbocycles. The van der Waals surface area contributed by atoms with Crippen molar-refractivity contribution in [2.45, 2.75) is 56.1 Å². The molecule has 0 bridgehead atoms. The van der Waals surface area contributed by atoms with Crippen LogP contribution in [0, 0.1) is 0 Å². The number of anilines is 1. The molecule has 0 heterocycles. The monoisotopic (exact) mass is 675 g/mol. The van der Waals surface area contributed by atoms with Crippen LogP contribution in [0.1, 0.15) is 38.2 Å². The summed E-state index contributed by atoms with van der Waals surface area (Å²) in [6.07, 6.45) is 3.98. The topological polar surface area (TPSA) is 86.8 Å². The maximum atomic E-state index is 14.0. The highest BCUT2D eigenvalue weighted by Crippen LogP contribution is 2.26. The first-order chi connectivity index (χ1) is 18.6. The fourth-order valence-corrected chi connectivity index (χ4v) is 6.81. The number of nitrogens with zero attached hydrogens (tertiary/aromatic N) is 2. The summed E-state index contributed by atoms with van der Waals surface area (Å²) in [5.41, 5.74) is 1.17. The summed E-state index contributed by atoms with van der Waals surface area (Å²) < 4.78 is 30.3. The fraction of sp³-hybridized carbons (Fsp3) is 0.310. The van der Waals surface area contributed by atoms with Gasteiger partial charge in [0, 0.05) is 21.5 Å². The first kappa shape index (κ1) is 29.3. The van der Waals surface area contributed by atoms with Crippen molar-refractivity contribution in [3.63, 3.8) is 0 Å². The molecule has 206 valence electrons. The van der Waals surface area contributed by atoms with Gasteiger partial charge >= 0.3 is 0 Å². The largest absolute Gasteiger partial charge is 0.352 e. The van der Waals surface area contributed by atoms with E-state index in [1.54, 1.807) is 49.4 Å². The van der Waals surface area contributed by atoms with Gasteiger partial charge in [0.25, 0.3) is 10.0 Å². The number of sulfonamides is 1. The summed E-state index contributed by atoms with van der Waals surface area (Å²) in [5, 5.41) is 3.08. The maximum absolute atomic E-state index is 14.0. The van der Waals surface area contributed by atoms with Crippen molar-refractivity contribution >= 4 is 59.4 Å². The Morgan fingerprint density at radius 3 is 2.23 bits per heavy atom. The van der Waals surface area contributed by atoms with Crippen LogP contribution in [-0.2, 0) is 26.2 Å². The Bertz CT molecular complexity index is 1400. The molecular weight excluding hydrogens is 646 g/mol. The lowest BCUT2D eigenvalue weighted by molar-refractivity contribution is -0.139. The predicted molar refractivity (Wildman–Crippen MR) is 160 cm³/mol. The number of amides is 2. The smallest absolute Gasteiger partial charge is 0.264 e. The zero-order valence-electron chi connectivity index (χ0n) is 21.6. The standard InChI is InChI=1S/C29H31Br2N3O4S/c1-21(29(36)32-25-10-5-6-11-25)33(19-22-8-7-9-24(31)18-22)28(35)20-34(26-16-14-23(30)15-17-26)39(37,38)27-12-3-2-4-13-27/h2-4,7-9,12-18,21,25H,5-6,10-11,19-20H2,1H3,(H,32,36)/t21-/m1/s1. The quantitative estimate of drug-likeness (QED) is 0.291. The molecule has 2 amide bonds. The minimum Gasteiger partial charge on any atom is -0.352 e. The Balaban J connectivity index is 1.67. The zero-order chi connectivity index (χ0) is 28.0. The summed E-state index contributed by atoms with van der Waals surface area (Å²) in [5.74, 6) is -0.724. The number of hydrogen-bond acceptors (Lipinski definition) is 4. The molecular formula is C29H31Br2N3O4S. The average Bonchev–Trinajstić information content (AvgIpc) is 3.44. The molecule has 4 rings (SSSR count). The molecule has 39 heavy (non-hydrogen) atoms. The summed E-state index contributed by atoms with van der Waals surface area (Å²) in [7, 11) is -4.08. The second kappa shape index (κ2) is 13.1. The van der Waals surface area contributed by atoms with Gasteiger partial charge in [0.2, 0.25) is 11.8 Å². The SMILES string of the molecule is C[C@H](C(=O)NC1CCCC1)N(Cc1cccc(Br)c1)C(=O)CN(c1ccc(Br)cc1)S(=O)(=O)c1ccccc1. The third kappa shape index (κ3) is 7.49. The van der Waals surface area contributed by atoms with E-state index in [0.717, 1.165) is 44.5 Å². The van der Waals surface area contributed by atoms with Crippen molar-refractivity contribution in [2.24, 2.45) is 0 Å². The fourth-order valence-electron chi connectivity index (χ4n) is 4.66. The third-order valence-corrected chi connectivity index (χ3v) is 9.65. The van der Waals surface area contributed by atoms with Crippen molar-refractivity contribution < 1.29 is 18.0 Å². The molecule has 0 aromatic heterocycles. The van der Waals surface area contributed by atoms with Crippen LogP contribution < -0.4 is 9.62 Å². The van der Waals surface area contributed by atoms with E-state index in [-0.39, 0.29) is 23.4 Å². The number of rotatable bonds is 10. The van der Waals surface area contributed by atoms with Crippen molar-refractivity contribution in [2.75, 3.05) is 10.8 Å². The van der Waals surface area contributed by atoms with Gasteiger partial charge in [-0.15, -0.1) is 0 Å². The lowest BCUT2D eigenvalue weighted by Gasteiger charge is -2.32. The van der Waals surface area contributed by atoms with Crippen LogP contribution in [0.15, 0.2) is 92.7 Å². The van der Waals surface area contributed by atoms with Crippen molar-refractivity contribution in [1.82, 2.24) is 10.2 Å². The summed E-state index contributed by atoms with van der Waals surface area (Å²) in [6.45, 7) is 1.38. The highest BCUT2D eigenvalue weighted by Gasteiger charge is 2.33. The number of carbonyl (C=O) groups excluding carboxylic acids is 2. The van der Waals surface area contributed by atoms with Crippen molar-refractivity contribution in [3.05, 3.63) is 93.4 Å². The van der Waals surface area contributed by atoms with Gasteiger partial charge in [-0.1, -0.05) is 75.0 Å². The number of halogens is 2. The van der Waals surface area contributed by atoms with Gasteiger partial charge in [-0.2, -0.15) is 0 Å². The van der Waals surface area contributed by atoms with Crippen LogP contribution >= 0.6 is 31.9 Å². The molecule has 0 radical (unpaired) electrons. The van der Waals surface area contributed by atoms with Gasteiger partial charge in [0.1, 0.15) is 12.6 Å². The maximum Gasteiger partial charge on any atom is 0.264 e. The average molecular weight is 677 g/mol. The van der Waals surface area contributed by atoms with Crippen molar-refractivity contribution in [1.29, 1.82) is 0 Å². The van der Waals surface area contributed by atoms with Crippen LogP contribution in [0.3, 0.4) is 0 Å². The lowest BCUT2D eigenvalue weighted by atomic mass is 10.1. The molecule has 3 aromatic rings. The molecule has 1 atom stereocenters. The lowest BCUT2D eigenvalue weighted by Crippen LogP contribution is -2.52. The molecule has 0 spiro atoms. The molecule has 0 aliphatic heterocycles. The molecule has 1 N–H and O–H groups in total. The van der Waals surface area contributed by atoms with Gasteiger partial charge < -0.3 is 10.2 Å². The molecule has 1 aliphatic rings. The van der Waals surface area contributed by atoms with E-state index in [4.69, 9.17) is 0 Å². The summed E-state index contributed by atoms with van der Waals surface area (Å²) in [6, 6.07) is 21.6. The van der Waals surface area contributed by atoms with Crippen molar-refractivity contribution in [3.8, 4) is 0 Å². The molecule has 0 saturated heterocycles. The predicted octanol–water partition coefficient (Wildman–Crippen LogP) is 5.88. The van der Waals surface area contributed by atoms with E-state index >= 15 is 0 Å². The van der Waals surface area contributed by atoms with E-state index in [9.17, 15) is 18.0 Å². The Morgan fingerprint density at radius 1 is 0.923 bits per heavy atom. The Morgan fingerprint density at radius 2 is 1.59 bits per heavy atom. The molecule has 1 aliphatic carbocycles.